The number of ketones is 2. The zero-order chi connectivity index (χ0) is 33.1. The molecule has 0 fully saturated rings. The predicted molar refractivity (Wildman–Crippen MR) is 199 cm³/mol. The molecule has 0 heterocycles. The summed E-state index contributed by atoms with van der Waals surface area (Å²) in [7, 11) is 0. The van der Waals surface area contributed by atoms with Gasteiger partial charge in [0, 0.05) is 40.1 Å². The van der Waals surface area contributed by atoms with Crippen molar-refractivity contribution in [2.24, 2.45) is 5.92 Å². The van der Waals surface area contributed by atoms with E-state index in [9.17, 15) is 9.59 Å². The van der Waals surface area contributed by atoms with Crippen molar-refractivity contribution in [3.63, 3.8) is 0 Å². The van der Waals surface area contributed by atoms with Crippen molar-refractivity contribution in [1.82, 2.24) is 0 Å². The molecule has 4 heteroatoms. The Morgan fingerprint density at radius 3 is 1.73 bits per heavy atom. The third-order valence-corrected chi connectivity index (χ3v) is 8.54. The molecule has 1 unspecified atom stereocenters. The van der Waals surface area contributed by atoms with Gasteiger partial charge in [-0.25, -0.2) is 0 Å². The van der Waals surface area contributed by atoms with E-state index in [1.165, 1.54) is 17.5 Å². The van der Waals surface area contributed by atoms with Crippen molar-refractivity contribution in [2.75, 3.05) is 9.80 Å². The number of anilines is 4. The number of carbonyl (C=O) groups is 2. The van der Waals surface area contributed by atoms with Gasteiger partial charge in [0.25, 0.3) is 0 Å². The molecule has 2 aliphatic carbocycles. The lowest BCUT2D eigenvalue weighted by molar-refractivity contribution is -0.121. The van der Waals surface area contributed by atoms with Crippen LogP contribution >= 0.6 is 0 Å². The van der Waals surface area contributed by atoms with E-state index in [4.69, 9.17) is 0 Å². The van der Waals surface area contributed by atoms with Crippen LogP contribution in [0.2, 0.25) is 0 Å². The van der Waals surface area contributed by atoms with E-state index in [2.05, 4.69) is 95.6 Å². The lowest BCUT2D eigenvalue weighted by Crippen LogP contribution is -2.27. The normalized spacial score (nSPS) is 15.9. The quantitative estimate of drug-likeness (QED) is 0.116. The molecule has 0 radical (unpaired) electrons. The van der Waals surface area contributed by atoms with Crippen molar-refractivity contribution >= 4 is 40.4 Å². The number of benzene rings is 4. The summed E-state index contributed by atoms with van der Waals surface area (Å²) in [6, 6.07) is 39.0. The van der Waals surface area contributed by atoms with E-state index < -0.39 is 0 Å². The fourth-order valence-electron chi connectivity index (χ4n) is 6.15. The first-order chi connectivity index (χ1) is 23.5. The van der Waals surface area contributed by atoms with E-state index in [1.807, 2.05) is 72.8 Å². The first-order valence-corrected chi connectivity index (χ1v) is 16.6. The molecule has 4 aromatic rings. The molecule has 0 saturated carbocycles. The summed E-state index contributed by atoms with van der Waals surface area (Å²) in [5.74, 6) is -0.152. The Balaban J connectivity index is 1.08. The predicted octanol–water partition coefficient (Wildman–Crippen LogP) is 10.8. The molecule has 0 bridgehead atoms. The zero-order valence-corrected chi connectivity index (χ0v) is 27.3. The monoisotopic (exact) mass is 628 g/mol. The van der Waals surface area contributed by atoms with Crippen LogP contribution in [0.15, 0.2) is 181 Å². The maximum absolute atomic E-state index is 12.7. The molecular formula is C44H40N2O2. The molecule has 4 aromatic carbocycles. The first kappa shape index (κ1) is 32.2. The molecular weight excluding hydrogens is 588 g/mol. The van der Waals surface area contributed by atoms with Crippen molar-refractivity contribution in [2.45, 2.75) is 32.6 Å². The summed E-state index contributed by atoms with van der Waals surface area (Å²) >= 11 is 0. The Morgan fingerprint density at radius 2 is 1.19 bits per heavy atom. The van der Waals surface area contributed by atoms with Crippen LogP contribution in [-0.4, -0.2) is 11.6 Å². The van der Waals surface area contributed by atoms with E-state index in [1.54, 1.807) is 12.2 Å². The Hall–Kier alpha value is -5.74. The standard InChI is InChI=1S/C44H40N2O2/c1-34-32-36(26-31-44(34)46(39-18-10-4-11-19-39)40-20-12-5-13-21-40)25-30-43(48)33-42(47)29-24-35-22-27-41(28-23-35)45(37-14-6-2-7-15-37)38-16-8-3-9-17-38/h2-12,14-20,22-31,34H,13,21,32-33H2,1H3/b29-24+,30-25+. The fraction of sp³-hybridized carbons (Fsp3) is 0.136. The highest BCUT2D eigenvalue weighted by atomic mass is 16.1. The second kappa shape index (κ2) is 15.7. The number of para-hydroxylation sites is 3. The van der Waals surface area contributed by atoms with Gasteiger partial charge in [0.2, 0.25) is 0 Å². The third kappa shape index (κ3) is 8.15. The number of rotatable bonds is 12. The molecule has 2 aliphatic rings. The fourth-order valence-corrected chi connectivity index (χ4v) is 6.15. The van der Waals surface area contributed by atoms with Crippen LogP contribution in [0.4, 0.5) is 22.7 Å². The number of hydrogen-bond acceptors (Lipinski definition) is 4. The zero-order valence-electron chi connectivity index (χ0n) is 27.3. The average Bonchev–Trinajstić information content (AvgIpc) is 3.13. The summed E-state index contributed by atoms with van der Waals surface area (Å²) in [6.45, 7) is 2.23. The topological polar surface area (TPSA) is 40.6 Å². The van der Waals surface area contributed by atoms with E-state index >= 15 is 0 Å². The van der Waals surface area contributed by atoms with Crippen molar-refractivity contribution < 1.29 is 9.59 Å². The lowest BCUT2D eigenvalue weighted by atomic mass is 9.90. The highest BCUT2D eigenvalue weighted by Crippen LogP contribution is 2.37. The van der Waals surface area contributed by atoms with Gasteiger partial charge in [-0.3, -0.25) is 9.59 Å². The summed E-state index contributed by atoms with van der Waals surface area (Å²) in [5.41, 5.74) is 8.79. The van der Waals surface area contributed by atoms with Crippen LogP contribution in [0, 0.1) is 5.92 Å². The molecule has 48 heavy (non-hydrogen) atoms. The maximum atomic E-state index is 12.7. The van der Waals surface area contributed by atoms with Gasteiger partial charge >= 0.3 is 0 Å². The molecule has 1 atom stereocenters. The molecule has 0 N–H and O–H groups in total. The van der Waals surface area contributed by atoms with Gasteiger partial charge in [0.1, 0.15) is 0 Å². The van der Waals surface area contributed by atoms with Gasteiger partial charge in [0.05, 0.1) is 6.42 Å². The Bertz CT molecular complexity index is 1860. The highest BCUT2D eigenvalue weighted by Gasteiger charge is 2.24. The minimum absolute atomic E-state index is 0.158. The second-order valence-corrected chi connectivity index (χ2v) is 12.1. The molecule has 0 amide bonds. The molecule has 0 aromatic heterocycles. The van der Waals surface area contributed by atoms with Crippen molar-refractivity contribution in [3.05, 3.63) is 186 Å². The number of carbonyl (C=O) groups excluding carboxylic acids is 2. The van der Waals surface area contributed by atoms with Crippen LogP contribution in [0.3, 0.4) is 0 Å². The number of hydrogen-bond donors (Lipinski definition) is 0. The van der Waals surface area contributed by atoms with Gasteiger partial charge in [-0.1, -0.05) is 104 Å². The molecule has 0 aliphatic heterocycles. The average molecular weight is 629 g/mol. The smallest absolute Gasteiger partial charge is 0.163 e. The van der Waals surface area contributed by atoms with Gasteiger partial charge in [0.15, 0.2) is 11.6 Å². The van der Waals surface area contributed by atoms with Crippen LogP contribution in [-0.2, 0) is 9.59 Å². The van der Waals surface area contributed by atoms with Crippen LogP contribution in [0.1, 0.15) is 38.2 Å². The minimum Gasteiger partial charge on any atom is -0.318 e. The van der Waals surface area contributed by atoms with Gasteiger partial charge in [-0.2, -0.15) is 0 Å². The van der Waals surface area contributed by atoms with Crippen molar-refractivity contribution in [1.29, 1.82) is 0 Å². The minimum atomic E-state index is -0.217. The number of nitrogens with zero attached hydrogens (tertiary/aromatic N) is 2. The summed E-state index contributed by atoms with van der Waals surface area (Å²) in [5, 5.41) is 0. The Kier molecular flexibility index (Phi) is 10.5. The van der Waals surface area contributed by atoms with Gasteiger partial charge in [-0.15, -0.1) is 0 Å². The largest absolute Gasteiger partial charge is 0.318 e. The molecule has 0 saturated heterocycles. The van der Waals surface area contributed by atoms with Crippen LogP contribution in [0.25, 0.3) is 6.08 Å². The third-order valence-electron chi connectivity index (χ3n) is 8.54. The van der Waals surface area contributed by atoms with Gasteiger partial charge < -0.3 is 9.80 Å². The molecule has 0 spiro atoms. The second-order valence-electron chi connectivity index (χ2n) is 12.1. The summed E-state index contributed by atoms with van der Waals surface area (Å²) in [4.78, 5) is 30.0. The first-order valence-electron chi connectivity index (χ1n) is 16.6. The van der Waals surface area contributed by atoms with Crippen molar-refractivity contribution in [3.8, 4) is 0 Å². The Morgan fingerprint density at radius 1 is 0.646 bits per heavy atom. The molecule has 6 rings (SSSR count). The lowest BCUT2D eigenvalue weighted by Gasteiger charge is -2.35. The van der Waals surface area contributed by atoms with Gasteiger partial charge in [-0.05, 0) is 103 Å². The highest BCUT2D eigenvalue weighted by molar-refractivity contribution is 6.09. The Labute approximate surface area is 284 Å². The van der Waals surface area contributed by atoms with Crippen LogP contribution in [0.5, 0.6) is 0 Å². The SMILES string of the molecule is CC1CC(/C=C/C(=O)CC(=O)/C=C/c2ccc(N(c3ccccc3)c3ccccc3)cc2)=CC=C1N(C1=CC=CCC1)c1ccccc1. The summed E-state index contributed by atoms with van der Waals surface area (Å²) < 4.78 is 0. The van der Waals surface area contributed by atoms with E-state index in [0.29, 0.717) is 0 Å². The van der Waals surface area contributed by atoms with E-state index in [-0.39, 0.29) is 23.9 Å². The molecule has 238 valence electrons. The summed E-state index contributed by atoms with van der Waals surface area (Å²) in [6.07, 6.45) is 20.2. The maximum Gasteiger partial charge on any atom is 0.163 e. The number of allylic oxidation sites excluding steroid dienone is 11. The molecule has 4 nitrogen and oxygen atoms in total. The van der Waals surface area contributed by atoms with E-state index in [0.717, 1.165) is 53.1 Å². The van der Waals surface area contributed by atoms with Crippen LogP contribution < -0.4 is 9.80 Å².